The molecule has 1 atom stereocenters. The molecular weight excluding hydrogens is 328 g/mol. The van der Waals surface area contributed by atoms with Crippen LogP contribution >= 0.6 is 15.9 Å². The van der Waals surface area contributed by atoms with E-state index in [9.17, 15) is 0 Å². The maximum Gasteiger partial charge on any atom is 0.117 e. The summed E-state index contributed by atoms with van der Waals surface area (Å²) in [6.45, 7) is 1.90. The number of nitrogens with zero attached hydrogens (tertiary/aromatic N) is 1. The minimum absolute atomic E-state index is 0.0837. The second-order valence-corrected chi connectivity index (χ2v) is 6.65. The van der Waals surface area contributed by atoms with E-state index in [1.54, 1.807) is 6.26 Å². The molecule has 1 aliphatic carbocycles. The maximum atomic E-state index is 6.34. The smallest absolute Gasteiger partial charge is 0.117 e. The highest BCUT2D eigenvalue weighted by atomic mass is 79.9. The number of hydrogen-bond acceptors (Lipinski definition) is 3. The fourth-order valence-corrected chi connectivity index (χ4v) is 3.06. The van der Waals surface area contributed by atoms with E-state index in [-0.39, 0.29) is 6.04 Å². The van der Waals surface area contributed by atoms with Crippen molar-refractivity contribution in [1.29, 1.82) is 0 Å². The molecule has 1 saturated carbocycles. The van der Waals surface area contributed by atoms with Crippen LogP contribution in [-0.2, 0) is 6.54 Å². The fraction of sp³-hybridized carbons (Fsp3) is 0.412. The lowest BCUT2D eigenvalue weighted by molar-refractivity contribution is 0.225. The molecule has 0 radical (unpaired) electrons. The van der Waals surface area contributed by atoms with E-state index in [0.29, 0.717) is 6.04 Å². The average molecular weight is 349 g/mol. The van der Waals surface area contributed by atoms with Crippen molar-refractivity contribution in [1.82, 2.24) is 4.90 Å². The third kappa shape index (κ3) is 4.19. The molecule has 3 nitrogen and oxygen atoms in total. The summed E-state index contributed by atoms with van der Waals surface area (Å²) < 4.78 is 6.56. The summed E-state index contributed by atoms with van der Waals surface area (Å²) in [4.78, 5) is 2.50. The van der Waals surface area contributed by atoms with Crippen molar-refractivity contribution >= 4 is 15.9 Å². The molecule has 4 heteroatoms. The van der Waals surface area contributed by atoms with Gasteiger partial charge in [-0.15, -0.1) is 0 Å². The van der Waals surface area contributed by atoms with Crippen LogP contribution in [0, 0.1) is 0 Å². The third-order valence-corrected chi connectivity index (χ3v) is 4.50. The number of hydrogen-bond donors (Lipinski definition) is 1. The monoisotopic (exact) mass is 348 g/mol. The predicted molar refractivity (Wildman–Crippen MR) is 87.8 cm³/mol. The lowest BCUT2D eigenvalue weighted by Crippen LogP contribution is -2.29. The van der Waals surface area contributed by atoms with E-state index in [1.165, 1.54) is 18.4 Å². The number of halogens is 1. The number of rotatable bonds is 7. The average Bonchev–Trinajstić information content (AvgIpc) is 3.20. The standard InChI is InChI=1S/C17H21BrN2O/c18-14-4-1-3-13(11-14)17(19)8-9-20(15-6-7-15)12-16-5-2-10-21-16/h1-5,10-11,15,17H,6-9,12,19H2. The summed E-state index contributed by atoms with van der Waals surface area (Å²) in [5.74, 6) is 1.04. The highest BCUT2D eigenvalue weighted by Gasteiger charge is 2.29. The summed E-state index contributed by atoms with van der Waals surface area (Å²) in [6.07, 6.45) is 5.31. The van der Waals surface area contributed by atoms with Gasteiger partial charge in [0.15, 0.2) is 0 Å². The molecule has 2 N–H and O–H groups in total. The Labute approximate surface area is 134 Å². The highest BCUT2D eigenvalue weighted by molar-refractivity contribution is 9.10. The molecule has 0 saturated heterocycles. The van der Waals surface area contributed by atoms with Gasteiger partial charge in [0.05, 0.1) is 12.8 Å². The molecule has 21 heavy (non-hydrogen) atoms. The molecule has 0 amide bonds. The molecule has 1 aromatic heterocycles. The maximum absolute atomic E-state index is 6.34. The van der Waals surface area contributed by atoms with Crippen LogP contribution in [0.2, 0.25) is 0 Å². The zero-order chi connectivity index (χ0) is 14.7. The van der Waals surface area contributed by atoms with Gasteiger partial charge in [0.25, 0.3) is 0 Å². The van der Waals surface area contributed by atoms with Crippen LogP contribution in [0.3, 0.4) is 0 Å². The molecule has 0 spiro atoms. The number of furan rings is 1. The SMILES string of the molecule is NC(CCN(Cc1ccco1)C1CC1)c1cccc(Br)c1. The van der Waals surface area contributed by atoms with Gasteiger partial charge in [-0.2, -0.15) is 0 Å². The van der Waals surface area contributed by atoms with Crippen LogP contribution in [0.1, 0.15) is 36.6 Å². The van der Waals surface area contributed by atoms with Crippen LogP contribution < -0.4 is 5.73 Å². The lowest BCUT2D eigenvalue weighted by atomic mass is 10.0. The van der Waals surface area contributed by atoms with Crippen LogP contribution in [-0.4, -0.2) is 17.5 Å². The largest absolute Gasteiger partial charge is 0.468 e. The first-order valence-corrected chi connectivity index (χ1v) is 8.29. The number of nitrogens with two attached hydrogens (primary N) is 1. The van der Waals surface area contributed by atoms with Crippen LogP contribution in [0.4, 0.5) is 0 Å². The van der Waals surface area contributed by atoms with E-state index >= 15 is 0 Å². The van der Waals surface area contributed by atoms with E-state index in [1.807, 2.05) is 24.3 Å². The van der Waals surface area contributed by atoms with Gasteiger partial charge < -0.3 is 10.2 Å². The summed E-state index contributed by atoms with van der Waals surface area (Å²) in [7, 11) is 0. The van der Waals surface area contributed by atoms with E-state index in [0.717, 1.165) is 29.7 Å². The normalized spacial score (nSPS) is 16.3. The second-order valence-electron chi connectivity index (χ2n) is 5.73. The van der Waals surface area contributed by atoms with Crippen molar-refractivity contribution in [3.8, 4) is 0 Å². The Kier molecular flexibility index (Phi) is 4.78. The van der Waals surface area contributed by atoms with E-state index in [4.69, 9.17) is 10.2 Å². The Morgan fingerprint density at radius 1 is 1.29 bits per heavy atom. The Hall–Kier alpha value is -1.10. The first kappa shape index (κ1) is 14.8. The quantitative estimate of drug-likeness (QED) is 0.818. The van der Waals surface area contributed by atoms with E-state index < -0.39 is 0 Å². The molecule has 1 unspecified atom stereocenters. The van der Waals surface area contributed by atoms with Gasteiger partial charge >= 0.3 is 0 Å². The summed E-state index contributed by atoms with van der Waals surface area (Å²) >= 11 is 3.51. The van der Waals surface area contributed by atoms with Crippen molar-refractivity contribution in [3.63, 3.8) is 0 Å². The second kappa shape index (κ2) is 6.77. The van der Waals surface area contributed by atoms with Crippen molar-refractivity contribution in [2.75, 3.05) is 6.54 Å². The molecule has 0 bridgehead atoms. The van der Waals surface area contributed by atoms with Crippen LogP contribution in [0.15, 0.2) is 51.6 Å². The molecule has 1 aliphatic rings. The van der Waals surface area contributed by atoms with Crippen LogP contribution in [0.25, 0.3) is 0 Å². The molecule has 1 fully saturated rings. The van der Waals surface area contributed by atoms with Gasteiger partial charge in [-0.3, -0.25) is 4.90 Å². The van der Waals surface area contributed by atoms with Gasteiger partial charge in [0.2, 0.25) is 0 Å². The minimum Gasteiger partial charge on any atom is -0.468 e. The molecular formula is C17H21BrN2O. The van der Waals surface area contributed by atoms with Gasteiger partial charge in [0, 0.05) is 23.1 Å². The van der Waals surface area contributed by atoms with Gasteiger partial charge in [-0.25, -0.2) is 0 Å². The molecule has 2 aromatic rings. The molecule has 1 aromatic carbocycles. The van der Waals surface area contributed by atoms with Crippen molar-refractivity contribution in [2.24, 2.45) is 5.73 Å². The Balaban J connectivity index is 1.56. The molecule has 0 aliphatic heterocycles. The summed E-state index contributed by atoms with van der Waals surface area (Å²) in [5, 5.41) is 0. The van der Waals surface area contributed by atoms with Crippen molar-refractivity contribution < 1.29 is 4.42 Å². The molecule has 112 valence electrons. The lowest BCUT2D eigenvalue weighted by Gasteiger charge is -2.23. The minimum atomic E-state index is 0.0837. The Morgan fingerprint density at radius 3 is 2.81 bits per heavy atom. The van der Waals surface area contributed by atoms with Crippen LogP contribution in [0.5, 0.6) is 0 Å². The van der Waals surface area contributed by atoms with Crippen molar-refractivity contribution in [2.45, 2.75) is 37.9 Å². The fourth-order valence-electron chi connectivity index (χ4n) is 2.64. The van der Waals surface area contributed by atoms with Gasteiger partial charge in [0.1, 0.15) is 5.76 Å². The van der Waals surface area contributed by atoms with Gasteiger partial charge in [-0.1, -0.05) is 28.1 Å². The highest BCUT2D eigenvalue weighted by Crippen LogP contribution is 2.29. The van der Waals surface area contributed by atoms with Crippen molar-refractivity contribution in [3.05, 3.63) is 58.5 Å². The zero-order valence-electron chi connectivity index (χ0n) is 12.0. The Bertz CT molecular complexity index is 566. The summed E-state index contributed by atoms with van der Waals surface area (Å²) in [6, 6.07) is 13.1. The van der Waals surface area contributed by atoms with Gasteiger partial charge in [-0.05, 0) is 49.1 Å². The first-order valence-electron chi connectivity index (χ1n) is 7.50. The predicted octanol–water partition coefficient (Wildman–Crippen LogP) is 4.10. The van der Waals surface area contributed by atoms with E-state index in [2.05, 4.69) is 33.0 Å². The first-order chi connectivity index (χ1) is 10.2. The topological polar surface area (TPSA) is 42.4 Å². The Morgan fingerprint density at radius 2 is 2.14 bits per heavy atom. The number of benzene rings is 1. The summed E-state index contributed by atoms with van der Waals surface area (Å²) in [5.41, 5.74) is 7.53. The third-order valence-electron chi connectivity index (χ3n) is 4.01. The zero-order valence-corrected chi connectivity index (χ0v) is 13.6. The molecule has 1 heterocycles. The molecule has 3 rings (SSSR count).